The van der Waals surface area contributed by atoms with Gasteiger partial charge >= 0.3 is 0 Å². The van der Waals surface area contributed by atoms with E-state index in [9.17, 15) is 4.79 Å². The summed E-state index contributed by atoms with van der Waals surface area (Å²) in [7, 11) is 0. The van der Waals surface area contributed by atoms with Gasteiger partial charge in [0.1, 0.15) is 0 Å². The number of nitrogens with one attached hydrogen (secondary N) is 2. The molecule has 0 saturated carbocycles. The number of amides is 1. The predicted octanol–water partition coefficient (Wildman–Crippen LogP) is 2.44. The maximum absolute atomic E-state index is 11.9. The number of carbonyl (C=O) groups excluding carboxylic acids is 1. The second-order valence-electron chi connectivity index (χ2n) is 4.23. The highest BCUT2D eigenvalue weighted by molar-refractivity contribution is 9.10. The Balaban J connectivity index is 1.94. The van der Waals surface area contributed by atoms with Gasteiger partial charge in [-0.2, -0.15) is 0 Å². The highest BCUT2D eigenvalue weighted by Crippen LogP contribution is 2.19. The summed E-state index contributed by atoms with van der Waals surface area (Å²) in [6, 6.07) is 5.21. The first-order chi connectivity index (χ1) is 8.15. The van der Waals surface area contributed by atoms with Crippen LogP contribution in [0.2, 0.25) is 5.02 Å². The molecule has 3 nitrogen and oxygen atoms in total. The molecular weight excluding hydrogens is 304 g/mol. The number of rotatable bonds is 3. The lowest BCUT2D eigenvalue weighted by Gasteiger charge is -2.10. The van der Waals surface area contributed by atoms with Crippen LogP contribution in [0.3, 0.4) is 0 Å². The average molecular weight is 318 g/mol. The fourth-order valence-corrected chi connectivity index (χ4v) is 2.77. The zero-order chi connectivity index (χ0) is 12.3. The lowest BCUT2D eigenvalue weighted by molar-refractivity contribution is 0.0948. The van der Waals surface area contributed by atoms with E-state index in [1.807, 2.05) is 0 Å². The first-order valence-corrected chi connectivity index (χ1v) is 6.77. The van der Waals surface area contributed by atoms with Crippen LogP contribution in [0.4, 0.5) is 0 Å². The molecule has 1 aliphatic heterocycles. The van der Waals surface area contributed by atoms with Crippen molar-refractivity contribution in [2.75, 3.05) is 19.6 Å². The number of halogens is 2. The van der Waals surface area contributed by atoms with Crippen LogP contribution >= 0.6 is 27.5 Å². The maximum Gasteiger partial charge on any atom is 0.251 e. The zero-order valence-corrected chi connectivity index (χ0v) is 11.6. The molecule has 17 heavy (non-hydrogen) atoms. The summed E-state index contributed by atoms with van der Waals surface area (Å²) in [4.78, 5) is 11.9. The standard InChI is InChI=1S/C12H14BrClN2O/c13-10-3-9(4-11(14)5-10)12(17)16-7-8-1-2-15-6-8/h3-5,8,15H,1-2,6-7H2,(H,16,17). The van der Waals surface area contributed by atoms with E-state index in [0.717, 1.165) is 30.5 Å². The van der Waals surface area contributed by atoms with Crippen molar-refractivity contribution in [2.24, 2.45) is 5.92 Å². The van der Waals surface area contributed by atoms with Crippen LogP contribution in [0.1, 0.15) is 16.8 Å². The van der Waals surface area contributed by atoms with E-state index in [4.69, 9.17) is 11.6 Å². The van der Waals surface area contributed by atoms with Gasteiger partial charge < -0.3 is 10.6 Å². The summed E-state index contributed by atoms with van der Waals surface area (Å²) in [6.07, 6.45) is 1.12. The summed E-state index contributed by atoms with van der Waals surface area (Å²) >= 11 is 9.23. The molecule has 0 spiro atoms. The van der Waals surface area contributed by atoms with E-state index < -0.39 is 0 Å². The molecule has 1 saturated heterocycles. The van der Waals surface area contributed by atoms with E-state index in [-0.39, 0.29) is 5.91 Å². The Kier molecular flexibility index (Phi) is 4.42. The van der Waals surface area contributed by atoms with Crippen molar-refractivity contribution >= 4 is 33.4 Å². The third-order valence-electron chi connectivity index (χ3n) is 2.84. The first kappa shape index (κ1) is 12.9. The Morgan fingerprint density at radius 2 is 2.35 bits per heavy atom. The van der Waals surface area contributed by atoms with Gasteiger partial charge in [-0.05, 0) is 43.6 Å². The smallest absolute Gasteiger partial charge is 0.251 e. The highest BCUT2D eigenvalue weighted by Gasteiger charge is 2.15. The summed E-state index contributed by atoms with van der Waals surface area (Å²) in [6.45, 7) is 2.75. The molecule has 1 aliphatic rings. The molecule has 1 unspecified atom stereocenters. The lowest BCUT2D eigenvalue weighted by atomic mass is 10.1. The summed E-state index contributed by atoms with van der Waals surface area (Å²) < 4.78 is 0.817. The van der Waals surface area contributed by atoms with Crippen molar-refractivity contribution in [1.29, 1.82) is 0 Å². The monoisotopic (exact) mass is 316 g/mol. The van der Waals surface area contributed by atoms with Crippen molar-refractivity contribution in [3.8, 4) is 0 Å². The van der Waals surface area contributed by atoms with E-state index in [0.29, 0.717) is 16.5 Å². The molecule has 1 aromatic carbocycles. The van der Waals surface area contributed by atoms with Gasteiger partial charge in [0, 0.05) is 21.6 Å². The Bertz CT molecular complexity index is 399. The van der Waals surface area contributed by atoms with Gasteiger partial charge in [-0.1, -0.05) is 27.5 Å². The quantitative estimate of drug-likeness (QED) is 0.899. The van der Waals surface area contributed by atoms with Crippen LogP contribution in [-0.4, -0.2) is 25.5 Å². The van der Waals surface area contributed by atoms with Gasteiger partial charge in [-0.3, -0.25) is 4.79 Å². The van der Waals surface area contributed by atoms with Crippen molar-refractivity contribution in [1.82, 2.24) is 10.6 Å². The summed E-state index contributed by atoms with van der Waals surface area (Å²) in [5.74, 6) is 0.474. The van der Waals surface area contributed by atoms with Gasteiger partial charge in [0.05, 0.1) is 0 Å². The largest absolute Gasteiger partial charge is 0.352 e. The van der Waals surface area contributed by atoms with Crippen LogP contribution in [0.25, 0.3) is 0 Å². The molecular formula is C12H14BrClN2O. The van der Waals surface area contributed by atoms with Crippen molar-refractivity contribution in [2.45, 2.75) is 6.42 Å². The Labute approximate surface area is 114 Å². The molecule has 0 radical (unpaired) electrons. The Morgan fingerprint density at radius 1 is 1.53 bits per heavy atom. The maximum atomic E-state index is 11.9. The third kappa shape index (κ3) is 3.69. The van der Waals surface area contributed by atoms with Gasteiger partial charge in [-0.25, -0.2) is 0 Å². The minimum Gasteiger partial charge on any atom is -0.352 e. The van der Waals surface area contributed by atoms with Gasteiger partial charge in [0.25, 0.3) is 5.91 Å². The second kappa shape index (κ2) is 5.85. The normalized spacial score (nSPS) is 19.3. The van der Waals surface area contributed by atoms with Gasteiger partial charge in [-0.15, -0.1) is 0 Å². The van der Waals surface area contributed by atoms with Crippen LogP contribution in [-0.2, 0) is 0 Å². The molecule has 1 fully saturated rings. The van der Waals surface area contributed by atoms with Gasteiger partial charge in [0.15, 0.2) is 0 Å². The average Bonchev–Trinajstić information content (AvgIpc) is 2.77. The number of carbonyl (C=O) groups is 1. The first-order valence-electron chi connectivity index (χ1n) is 5.60. The zero-order valence-electron chi connectivity index (χ0n) is 9.30. The molecule has 0 aliphatic carbocycles. The van der Waals surface area contributed by atoms with E-state index in [1.165, 1.54) is 0 Å². The molecule has 2 N–H and O–H groups in total. The van der Waals surface area contributed by atoms with Gasteiger partial charge in [0.2, 0.25) is 0 Å². The minimum absolute atomic E-state index is 0.0694. The van der Waals surface area contributed by atoms with E-state index in [2.05, 4.69) is 26.6 Å². The minimum atomic E-state index is -0.0694. The van der Waals surface area contributed by atoms with Crippen molar-refractivity contribution < 1.29 is 4.79 Å². The summed E-state index contributed by atoms with van der Waals surface area (Å²) in [5.41, 5.74) is 0.593. The third-order valence-corrected chi connectivity index (χ3v) is 3.51. The number of hydrogen-bond acceptors (Lipinski definition) is 2. The molecule has 0 bridgehead atoms. The van der Waals surface area contributed by atoms with E-state index >= 15 is 0 Å². The molecule has 92 valence electrons. The summed E-state index contributed by atoms with van der Waals surface area (Å²) in [5, 5.41) is 6.77. The van der Waals surface area contributed by atoms with Crippen LogP contribution < -0.4 is 10.6 Å². The van der Waals surface area contributed by atoms with Crippen LogP contribution in [0.15, 0.2) is 22.7 Å². The van der Waals surface area contributed by atoms with Crippen LogP contribution in [0.5, 0.6) is 0 Å². The SMILES string of the molecule is O=C(NCC1CCNC1)c1cc(Cl)cc(Br)c1. The topological polar surface area (TPSA) is 41.1 Å². The fraction of sp³-hybridized carbons (Fsp3) is 0.417. The molecule has 1 amide bonds. The molecule has 5 heteroatoms. The van der Waals surface area contributed by atoms with E-state index in [1.54, 1.807) is 18.2 Å². The molecule has 1 aromatic rings. The second-order valence-corrected chi connectivity index (χ2v) is 5.58. The van der Waals surface area contributed by atoms with Crippen LogP contribution in [0, 0.1) is 5.92 Å². The Hall–Kier alpha value is -0.580. The predicted molar refractivity (Wildman–Crippen MR) is 72.5 cm³/mol. The highest BCUT2D eigenvalue weighted by atomic mass is 79.9. The lowest BCUT2D eigenvalue weighted by Crippen LogP contribution is -2.30. The molecule has 2 rings (SSSR count). The number of benzene rings is 1. The fourth-order valence-electron chi connectivity index (χ4n) is 1.91. The van der Waals surface area contributed by atoms with Crippen molar-refractivity contribution in [3.05, 3.63) is 33.3 Å². The molecule has 1 heterocycles. The molecule has 0 aromatic heterocycles. The van der Waals surface area contributed by atoms with Crippen molar-refractivity contribution in [3.63, 3.8) is 0 Å². The number of hydrogen-bond donors (Lipinski definition) is 2. The Morgan fingerprint density at radius 3 is 3.00 bits per heavy atom. The molecule has 1 atom stereocenters.